The number of carbonyl (C=O) groups excluding carboxylic acids is 1. The van der Waals surface area contributed by atoms with Gasteiger partial charge in [-0.25, -0.2) is 14.8 Å². The lowest BCUT2D eigenvalue weighted by Crippen LogP contribution is -2.31. The third-order valence-corrected chi connectivity index (χ3v) is 6.07. The second-order valence-electron chi connectivity index (χ2n) is 8.26. The molecule has 1 saturated heterocycles. The Labute approximate surface area is 201 Å². The van der Waals surface area contributed by atoms with E-state index in [9.17, 15) is 9.59 Å². The van der Waals surface area contributed by atoms with Crippen LogP contribution in [0.1, 0.15) is 24.9 Å². The molecule has 3 heterocycles. The van der Waals surface area contributed by atoms with Gasteiger partial charge < -0.3 is 15.4 Å². The molecule has 176 valence electrons. The van der Waals surface area contributed by atoms with Gasteiger partial charge in [-0.05, 0) is 49.1 Å². The van der Waals surface area contributed by atoms with Gasteiger partial charge in [0.2, 0.25) is 0 Å². The van der Waals surface area contributed by atoms with Crippen LogP contribution in [0, 0.1) is 11.8 Å². The molecular weight excluding hydrogens is 444 g/mol. The van der Waals surface area contributed by atoms with Gasteiger partial charge in [0, 0.05) is 13.1 Å². The molecule has 1 fully saturated rings. The van der Waals surface area contributed by atoms with Crippen LogP contribution in [0.2, 0.25) is 0 Å². The van der Waals surface area contributed by atoms with Crippen molar-refractivity contribution in [3.63, 3.8) is 0 Å². The SMILES string of the molecule is CC#CC(=O)N1CCC(n2c(=O)n(-c3ccc(OCc4ccccc4)cc3)c3c(N)ncnc32)C1. The maximum Gasteiger partial charge on any atom is 0.335 e. The van der Waals surface area contributed by atoms with Crippen molar-refractivity contribution >= 4 is 22.9 Å². The fraction of sp³-hybridized carbons (Fsp3) is 0.231. The van der Waals surface area contributed by atoms with Crippen molar-refractivity contribution in [2.75, 3.05) is 18.8 Å². The summed E-state index contributed by atoms with van der Waals surface area (Å²) in [7, 11) is 0. The summed E-state index contributed by atoms with van der Waals surface area (Å²) in [5.41, 5.74) is 8.48. The van der Waals surface area contributed by atoms with Crippen LogP contribution in [0.15, 0.2) is 65.7 Å². The monoisotopic (exact) mass is 468 g/mol. The maximum absolute atomic E-state index is 13.7. The van der Waals surface area contributed by atoms with E-state index in [1.807, 2.05) is 42.5 Å². The fourth-order valence-corrected chi connectivity index (χ4v) is 4.39. The molecule has 1 amide bonds. The molecule has 35 heavy (non-hydrogen) atoms. The first kappa shape index (κ1) is 22.2. The second-order valence-corrected chi connectivity index (χ2v) is 8.26. The van der Waals surface area contributed by atoms with E-state index >= 15 is 0 Å². The van der Waals surface area contributed by atoms with Crippen LogP contribution in [0.25, 0.3) is 16.9 Å². The van der Waals surface area contributed by atoms with E-state index in [0.29, 0.717) is 48.7 Å². The number of benzene rings is 2. The van der Waals surface area contributed by atoms with Gasteiger partial charge in [-0.3, -0.25) is 13.9 Å². The van der Waals surface area contributed by atoms with Crippen LogP contribution < -0.4 is 16.2 Å². The third kappa shape index (κ3) is 4.22. The number of nitrogens with two attached hydrogens (primary N) is 1. The molecule has 2 N–H and O–H groups in total. The number of hydrogen-bond acceptors (Lipinski definition) is 6. The molecule has 2 aromatic heterocycles. The van der Waals surface area contributed by atoms with Gasteiger partial charge in [0.25, 0.3) is 5.91 Å². The normalized spacial score (nSPS) is 15.1. The van der Waals surface area contributed by atoms with E-state index in [0.717, 1.165) is 5.56 Å². The summed E-state index contributed by atoms with van der Waals surface area (Å²) in [6.45, 7) is 2.97. The molecule has 0 radical (unpaired) electrons. The predicted molar refractivity (Wildman–Crippen MR) is 132 cm³/mol. The van der Waals surface area contributed by atoms with Crippen molar-refractivity contribution in [3.8, 4) is 23.3 Å². The number of rotatable bonds is 5. The Hall–Kier alpha value is -4.58. The number of nitrogen functional groups attached to an aromatic ring is 1. The summed E-state index contributed by atoms with van der Waals surface area (Å²) in [4.78, 5) is 36.0. The predicted octanol–water partition coefficient (Wildman–Crippen LogP) is 2.54. The molecular formula is C26H24N6O3. The van der Waals surface area contributed by atoms with Gasteiger partial charge in [0.1, 0.15) is 24.2 Å². The maximum atomic E-state index is 13.7. The van der Waals surface area contributed by atoms with Gasteiger partial charge in [-0.2, -0.15) is 0 Å². The molecule has 2 aromatic carbocycles. The van der Waals surface area contributed by atoms with Crippen LogP contribution in [0.5, 0.6) is 5.75 Å². The first-order valence-electron chi connectivity index (χ1n) is 11.3. The Kier molecular flexibility index (Phi) is 5.94. The van der Waals surface area contributed by atoms with Crippen molar-refractivity contribution in [2.45, 2.75) is 26.0 Å². The van der Waals surface area contributed by atoms with Gasteiger partial charge >= 0.3 is 5.69 Å². The van der Waals surface area contributed by atoms with Crippen molar-refractivity contribution in [1.29, 1.82) is 0 Å². The lowest BCUT2D eigenvalue weighted by atomic mass is 10.2. The van der Waals surface area contributed by atoms with Crippen LogP contribution in [0.4, 0.5) is 5.82 Å². The summed E-state index contributed by atoms with van der Waals surface area (Å²) >= 11 is 0. The molecule has 1 aliphatic rings. The zero-order valence-electron chi connectivity index (χ0n) is 19.2. The Balaban J connectivity index is 1.48. The molecule has 1 aliphatic heterocycles. The second kappa shape index (κ2) is 9.35. The minimum atomic E-state index is -0.286. The number of imidazole rings is 1. The van der Waals surface area contributed by atoms with Crippen molar-refractivity contribution in [3.05, 3.63) is 77.0 Å². The largest absolute Gasteiger partial charge is 0.489 e. The van der Waals surface area contributed by atoms with E-state index in [1.54, 1.807) is 28.5 Å². The van der Waals surface area contributed by atoms with E-state index < -0.39 is 0 Å². The summed E-state index contributed by atoms with van der Waals surface area (Å²) in [6.07, 6.45) is 1.96. The lowest BCUT2D eigenvalue weighted by molar-refractivity contribution is -0.124. The molecule has 0 aliphatic carbocycles. The van der Waals surface area contributed by atoms with Gasteiger partial charge in [-0.15, -0.1) is 0 Å². The van der Waals surface area contributed by atoms with Gasteiger partial charge in [0.15, 0.2) is 11.5 Å². The highest BCUT2D eigenvalue weighted by atomic mass is 16.5. The molecule has 1 unspecified atom stereocenters. The fourth-order valence-electron chi connectivity index (χ4n) is 4.39. The Morgan fingerprint density at radius 3 is 2.66 bits per heavy atom. The number of ether oxygens (including phenoxy) is 1. The molecule has 4 aromatic rings. The minimum absolute atomic E-state index is 0.207. The number of aromatic nitrogens is 4. The Morgan fingerprint density at radius 1 is 1.14 bits per heavy atom. The number of fused-ring (bicyclic) bond motifs is 1. The van der Waals surface area contributed by atoms with E-state index in [2.05, 4.69) is 21.8 Å². The Morgan fingerprint density at radius 2 is 1.91 bits per heavy atom. The molecule has 9 nitrogen and oxygen atoms in total. The van der Waals surface area contributed by atoms with Crippen molar-refractivity contribution < 1.29 is 9.53 Å². The molecule has 0 bridgehead atoms. The molecule has 9 heteroatoms. The van der Waals surface area contributed by atoms with Crippen LogP contribution >= 0.6 is 0 Å². The van der Waals surface area contributed by atoms with Crippen LogP contribution in [-0.2, 0) is 11.4 Å². The summed E-state index contributed by atoms with van der Waals surface area (Å²) in [6, 6.07) is 16.9. The summed E-state index contributed by atoms with van der Waals surface area (Å²) in [5, 5.41) is 0. The third-order valence-electron chi connectivity index (χ3n) is 6.07. The highest BCUT2D eigenvalue weighted by Gasteiger charge is 2.31. The van der Waals surface area contributed by atoms with Gasteiger partial charge in [0.05, 0.1) is 11.7 Å². The average Bonchev–Trinajstić information content (AvgIpc) is 3.47. The zero-order chi connectivity index (χ0) is 24.4. The van der Waals surface area contributed by atoms with Crippen LogP contribution in [0.3, 0.4) is 0 Å². The molecule has 1 atom stereocenters. The highest BCUT2D eigenvalue weighted by molar-refractivity contribution is 5.93. The number of carbonyl (C=O) groups is 1. The van der Waals surface area contributed by atoms with E-state index in [4.69, 9.17) is 10.5 Å². The standard InChI is InChI=1S/C26H24N6O3/c1-2-6-22(33)30-14-13-20(15-30)32-25-23(24(27)28-17-29-25)31(26(32)34)19-9-11-21(12-10-19)35-16-18-7-4-3-5-8-18/h3-5,7-12,17,20H,13-16H2,1H3,(H2,27,28,29). The van der Waals surface area contributed by atoms with Gasteiger partial charge in [-0.1, -0.05) is 36.3 Å². The Bertz CT molecular complexity index is 1500. The number of anilines is 1. The zero-order valence-corrected chi connectivity index (χ0v) is 19.2. The van der Waals surface area contributed by atoms with E-state index in [-0.39, 0.29) is 23.5 Å². The summed E-state index contributed by atoms with van der Waals surface area (Å²) in [5.74, 6) is 5.84. The number of likely N-dealkylation sites (tertiary alicyclic amines) is 1. The smallest absolute Gasteiger partial charge is 0.335 e. The summed E-state index contributed by atoms with van der Waals surface area (Å²) < 4.78 is 9.00. The highest BCUT2D eigenvalue weighted by Crippen LogP contribution is 2.28. The molecule has 0 spiro atoms. The lowest BCUT2D eigenvalue weighted by Gasteiger charge is -2.14. The quantitative estimate of drug-likeness (QED) is 0.451. The first-order valence-corrected chi connectivity index (χ1v) is 11.3. The minimum Gasteiger partial charge on any atom is -0.489 e. The average molecular weight is 469 g/mol. The molecule has 5 rings (SSSR count). The first-order chi connectivity index (χ1) is 17.1. The van der Waals surface area contributed by atoms with Crippen molar-refractivity contribution in [1.82, 2.24) is 24.0 Å². The van der Waals surface area contributed by atoms with E-state index in [1.165, 1.54) is 10.9 Å². The van der Waals surface area contributed by atoms with Crippen molar-refractivity contribution in [2.24, 2.45) is 0 Å². The topological polar surface area (TPSA) is 108 Å². The number of nitrogens with zero attached hydrogens (tertiary/aromatic N) is 5. The number of hydrogen-bond donors (Lipinski definition) is 1. The van der Waals surface area contributed by atoms with Crippen LogP contribution in [-0.4, -0.2) is 43.0 Å². The molecule has 0 saturated carbocycles. The number of amides is 1.